The van der Waals surface area contributed by atoms with E-state index in [9.17, 15) is 9.90 Å². The lowest BCUT2D eigenvalue weighted by Gasteiger charge is -2.29. The molecule has 2 heterocycles. The average Bonchev–Trinajstić information content (AvgIpc) is 2.98. The molecular formula is C22H26N2O3. The fourth-order valence-corrected chi connectivity index (χ4v) is 4.13. The first-order valence-corrected chi connectivity index (χ1v) is 9.68. The standard InChI is InChI=1S/C22H26N2O3/c25-20(14-24-18-8-9-19(24)13-23-22(26)12-18)15-27-21-10-6-17(7-11-21)16-4-2-1-3-5-16/h1-7,10-11,18-20,25H,8-9,12-15H2,(H,23,26). The van der Waals surface area contributed by atoms with Crippen LogP contribution >= 0.6 is 0 Å². The van der Waals surface area contributed by atoms with Crippen molar-refractivity contribution in [3.05, 3.63) is 54.6 Å². The van der Waals surface area contributed by atoms with Crippen LogP contribution in [-0.4, -0.2) is 53.8 Å². The zero-order valence-electron chi connectivity index (χ0n) is 15.4. The minimum Gasteiger partial charge on any atom is -0.491 e. The Hall–Kier alpha value is -2.37. The van der Waals surface area contributed by atoms with E-state index in [0.29, 0.717) is 25.6 Å². The van der Waals surface area contributed by atoms with Gasteiger partial charge in [-0.25, -0.2) is 0 Å². The Morgan fingerprint density at radius 2 is 1.74 bits per heavy atom. The zero-order valence-corrected chi connectivity index (χ0v) is 15.4. The lowest BCUT2D eigenvalue weighted by molar-refractivity contribution is -0.121. The number of rotatable bonds is 6. The number of amides is 1. The number of hydrogen-bond acceptors (Lipinski definition) is 4. The van der Waals surface area contributed by atoms with Gasteiger partial charge in [0, 0.05) is 31.6 Å². The zero-order chi connectivity index (χ0) is 18.6. The molecule has 2 aromatic rings. The maximum Gasteiger partial charge on any atom is 0.221 e. The highest BCUT2D eigenvalue weighted by molar-refractivity contribution is 5.77. The first kappa shape index (κ1) is 18.0. The van der Waals surface area contributed by atoms with Crippen molar-refractivity contribution in [3.63, 3.8) is 0 Å². The number of ether oxygens (including phenoxy) is 1. The van der Waals surface area contributed by atoms with Crippen molar-refractivity contribution in [2.24, 2.45) is 0 Å². The molecule has 0 aliphatic carbocycles. The van der Waals surface area contributed by atoms with Crippen LogP contribution in [0.25, 0.3) is 11.1 Å². The summed E-state index contributed by atoms with van der Waals surface area (Å²) in [6.45, 7) is 1.48. The van der Waals surface area contributed by atoms with Gasteiger partial charge in [0.2, 0.25) is 5.91 Å². The second kappa shape index (κ2) is 8.11. The van der Waals surface area contributed by atoms with Gasteiger partial charge < -0.3 is 15.2 Å². The van der Waals surface area contributed by atoms with Crippen molar-refractivity contribution >= 4 is 5.91 Å². The molecule has 142 valence electrons. The SMILES string of the molecule is O=C1CC2CCC(CN1)N2CC(O)COc1ccc(-c2ccccc2)cc1. The third kappa shape index (κ3) is 4.31. The number of aliphatic hydroxyl groups excluding tert-OH is 1. The molecular weight excluding hydrogens is 340 g/mol. The van der Waals surface area contributed by atoms with E-state index in [1.165, 1.54) is 5.56 Å². The molecule has 0 aromatic heterocycles. The molecule has 2 fully saturated rings. The summed E-state index contributed by atoms with van der Waals surface area (Å²) in [5, 5.41) is 13.4. The highest BCUT2D eigenvalue weighted by Gasteiger charge is 2.38. The van der Waals surface area contributed by atoms with E-state index in [2.05, 4.69) is 22.3 Å². The maximum atomic E-state index is 11.7. The number of carbonyl (C=O) groups is 1. The Bertz CT molecular complexity index is 763. The molecule has 0 saturated carbocycles. The van der Waals surface area contributed by atoms with E-state index in [1.807, 2.05) is 42.5 Å². The van der Waals surface area contributed by atoms with Gasteiger partial charge in [0.25, 0.3) is 0 Å². The van der Waals surface area contributed by atoms with Crippen molar-refractivity contribution in [2.45, 2.75) is 37.5 Å². The lowest BCUT2D eigenvalue weighted by atomic mass is 10.1. The lowest BCUT2D eigenvalue weighted by Crippen LogP contribution is -2.44. The summed E-state index contributed by atoms with van der Waals surface area (Å²) >= 11 is 0. The summed E-state index contributed by atoms with van der Waals surface area (Å²) in [5.41, 5.74) is 2.31. The van der Waals surface area contributed by atoms with Crippen LogP contribution in [0, 0.1) is 0 Å². The Kier molecular flexibility index (Phi) is 5.41. The summed E-state index contributed by atoms with van der Waals surface area (Å²) in [7, 11) is 0. The maximum absolute atomic E-state index is 11.7. The molecule has 2 aliphatic heterocycles. The molecule has 4 rings (SSSR count). The van der Waals surface area contributed by atoms with Crippen molar-refractivity contribution in [1.82, 2.24) is 10.2 Å². The van der Waals surface area contributed by atoms with Gasteiger partial charge in [-0.05, 0) is 36.1 Å². The Balaban J connectivity index is 1.30. The van der Waals surface area contributed by atoms with Crippen molar-refractivity contribution in [2.75, 3.05) is 19.7 Å². The third-order valence-electron chi connectivity index (χ3n) is 5.55. The second-order valence-corrected chi connectivity index (χ2v) is 7.45. The summed E-state index contributed by atoms with van der Waals surface area (Å²) in [6, 6.07) is 18.7. The normalized spacial score (nSPS) is 23.5. The summed E-state index contributed by atoms with van der Waals surface area (Å²) in [4.78, 5) is 14.0. The van der Waals surface area contributed by atoms with Gasteiger partial charge in [0.05, 0.1) is 0 Å². The molecule has 3 atom stereocenters. The highest BCUT2D eigenvalue weighted by Crippen LogP contribution is 2.28. The Labute approximate surface area is 160 Å². The van der Waals surface area contributed by atoms with Gasteiger partial charge in [-0.15, -0.1) is 0 Å². The van der Waals surface area contributed by atoms with Gasteiger partial charge in [-0.1, -0.05) is 42.5 Å². The molecule has 1 amide bonds. The smallest absolute Gasteiger partial charge is 0.221 e. The van der Waals surface area contributed by atoms with Crippen LogP contribution in [0.2, 0.25) is 0 Å². The molecule has 0 spiro atoms. The van der Waals surface area contributed by atoms with E-state index in [0.717, 1.165) is 24.2 Å². The molecule has 2 saturated heterocycles. The number of fused-ring (bicyclic) bond motifs is 2. The molecule has 5 heteroatoms. The van der Waals surface area contributed by atoms with Crippen molar-refractivity contribution < 1.29 is 14.6 Å². The molecule has 2 N–H and O–H groups in total. The molecule has 27 heavy (non-hydrogen) atoms. The number of benzene rings is 2. The minimum absolute atomic E-state index is 0.122. The molecule has 0 radical (unpaired) electrons. The number of nitrogens with one attached hydrogen (secondary N) is 1. The Morgan fingerprint density at radius 1 is 1.04 bits per heavy atom. The number of nitrogens with zero attached hydrogens (tertiary/aromatic N) is 1. The van der Waals surface area contributed by atoms with E-state index in [4.69, 9.17) is 4.74 Å². The Morgan fingerprint density at radius 3 is 2.52 bits per heavy atom. The number of carbonyl (C=O) groups excluding carboxylic acids is 1. The summed E-state index contributed by atoms with van der Waals surface area (Å²) in [6.07, 6.45) is 2.08. The van der Waals surface area contributed by atoms with Crippen LogP contribution in [0.1, 0.15) is 19.3 Å². The minimum atomic E-state index is -0.574. The fourth-order valence-electron chi connectivity index (χ4n) is 4.13. The first-order valence-electron chi connectivity index (χ1n) is 9.68. The fraction of sp³-hybridized carbons (Fsp3) is 0.409. The van der Waals surface area contributed by atoms with Crippen molar-refractivity contribution in [3.8, 4) is 16.9 Å². The number of aliphatic hydroxyl groups is 1. The number of hydrogen-bond donors (Lipinski definition) is 2. The van der Waals surface area contributed by atoms with Gasteiger partial charge >= 0.3 is 0 Å². The van der Waals surface area contributed by atoms with E-state index in [1.54, 1.807) is 0 Å². The van der Waals surface area contributed by atoms with Gasteiger partial charge in [0.1, 0.15) is 18.5 Å². The van der Waals surface area contributed by atoms with Crippen molar-refractivity contribution in [1.29, 1.82) is 0 Å². The van der Waals surface area contributed by atoms with Crippen LogP contribution in [0.3, 0.4) is 0 Å². The topological polar surface area (TPSA) is 61.8 Å². The summed E-state index contributed by atoms with van der Waals surface area (Å²) < 4.78 is 5.78. The van der Waals surface area contributed by atoms with Gasteiger partial charge in [0.15, 0.2) is 0 Å². The molecule has 2 aliphatic rings. The summed E-state index contributed by atoms with van der Waals surface area (Å²) in [5.74, 6) is 0.876. The quantitative estimate of drug-likeness (QED) is 0.824. The van der Waals surface area contributed by atoms with Crippen LogP contribution < -0.4 is 10.1 Å². The van der Waals surface area contributed by atoms with E-state index >= 15 is 0 Å². The monoisotopic (exact) mass is 366 g/mol. The molecule has 3 unspecified atom stereocenters. The third-order valence-corrected chi connectivity index (χ3v) is 5.55. The predicted octanol–water partition coefficient (Wildman–Crippen LogP) is 2.45. The average molecular weight is 366 g/mol. The highest BCUT2D eigenvalue weighted by atomic mass is 16.5. The van der Waals surface area contributed by atoms with Gasteiger partial charge in [-0.2, -0.15) is 0 Å². The molecule has 2 bridgehead atoms. The predicted molar refractivity (Wildman–Crippen MR) is 105 cm³/mol. The largest absolute Gasteiger partial charge is 0.491 e. The van der Waals surface area contributed by atoms with E-state index < -0.39 is 6.10 Å². The van der Waals surface area contributed by atoms with Gasteiger partial charge in [-0.3, -0.25) is 9.69 Å². The van der Waals surface area contributed by atoms with E-state index in [-0.39, 0.29) is 18.6 Å². The second-order valence-electron chi connectivity index (χ2n) is 7.45. The first-order chi connectivity index (χ1) is 13.2. The van der Waals surface area contributed by atoms with Crippen LogP contribution in [0.4, 0.5) is 0 Å². The van der Waals surface area contributed by atoms with Crippen LogP contribution in [0.15, 0.2) is 54.6 Å². The molecule has 5 nitrogen and oxygen atoms in total. The van der Waals surface area contributed by atoms with Crippen LogP contribution in [0.5, 0.6) is 5.75 Å². The molecule has 2 aromatic carbocycles. The van der Waals surface area contributed by atoms with Crippen LogP contribution in [-0.2, 0) is 4.79 Å².